The molecule has 0 bridgehead atoms. The van der Waals surface area contributed by atoms with E-state index in [1.165, 1.54) is 6.42 Å². The Morgan fingerprint density at radius 2 is 1.86 bits per heavy atom. The third-order valence-electron chi connectivity index (χ3n) is 4.89. The Morgan fingerprint density at radius 1 is 1.18 bits per heavy atom. The van der Waals surface area contributed by atoms with Gasteiger partial charge in [-0.15, -0.1) is 0 Å². The SMILES string of the molecule is NC1(CC(=O)C[C@H]2CC[C@@H](CC(=O)O)OB2O)CCCCC1. The third kappa shape index (κ3) is 5.07. The van der Waals surface area contributed by atoms with Crippen LogP contribution < -0.4 is 5.73 Å². The van der Waals surface area contributed by atoms with Crippen LogP contribution >= 0.6 is 0 Å². The molecular weight excluding hydrogens is 285 g/mol. The number of ketones is 1. The molecular formula is C15H26BNO5. The minimum absolute atomic E-state index is 0.0775. The molecule has 0 spiro atoms. The summed E-state index contributed by atoms with van der Waals surface area (Å²) in [6, 6.07) is 0. The van der Waals surface area contributed by atoms with Crippen LogP contribution in [-0.2, 0) is 14.2 Å². The van der Waals surface area contributed by atoms with Gasteiger partial charge in [0.15, 0.2) is 0 Å². The first-order chi connectivity index (χ1) is 10.4. The zero-order chi connectivity index (χ0) is 16.2. The Hall–Kier alpha value is -0.915. The molecule has 2 fully saturated rings. The van der Waals surface area contributed by atoms with Gasteiger partial charge in [-0.3, -0.25) is 9.59 Å². The predicted octanol–water partition coefficient (Wildman–Crippen LogP) is 1.50. The molecule has 0 aromatic heterocycles. The van der Waals surface area contributed by atoms with Crippen LogP contribution in [0, 0.1) is 0 Å². The van der Waals surface area contributed by atoms with Crippen LogP contribution in [0.3, 0.4) is 0 Å². The highest BCUT2D eigenvalue weighted by molar-refractivity contribution is 6.45. The Kier molecular flexibility index (Phi) is 6.00. The molecule has 22 heavy (non-hydrogen) atoms. The zero-order valence-electron chi connectivity index (χ0n) is 13.0. The fourth-order valence-corrected chi connectivity index (χ4v) is 3.66. The van der Waals surface area contributed by atoms with Crippen molar-refractivity contribution in [1.82, 2.24) is 0 Å². The molecule has 6 nitrogen and oxygen atoms in total. The molecule has 1 saturated carbocycles. The van der Waals surface area contributed by atoms with Gasteiger partial charge in [-0.1, -0.05) is 19.3 Å². The molecule has 124 valence electrons. The first-order valence-corrected chi connectivity index (χ1v) is 8.24. The van der Waals surface area contributed by atoms with Crippen LogP contribution in [-0.4, -0.2) is 40.6 Å². The van der Waals surface area contributed by atoms with Crippen molar-refractivity contribution in [1.29, 1.82) is 0 Å². The zero-order valence-corrected chi connectivity index (χ0v) is 13.0. The van der Waals surface area contributed by atoms with Crippen LogP contribution in [0.1, 0.15) is 64.2 Å². The standard InChI is InChI=1S/C15H26BNO5/c17-15(6-2-1-3-7-15)10-12(18)8-11-4-5-13(9-14(19)20)22-16(11)21/h11,13,21H,1-10,17H2,(H,19,20)/t11-,13+/m1/s1. The molecule has 0 aromatic carbocycles. The molecule has 0 radical (unpaired) electrons. The van der Waals surface area contributed by atoms with Gasteiger partial charge in [0.1, 0.15) is 5.78 Å². The molecule has 0 unspecified atom stereocenters. The van der Waals surface area contributed by atoms with Gasteiger partial charge in [-0.25, -0.2) is 0 Å². The van der Waals surface area contributed by atoms with E-state index in [0.717, 1.165) is 25.7 Å². The van der Waals surface area contributed by atoms with Gasteiger partial charge in [0.05, 0.1) is 12.5 Å². The lowest BCUT2D eigenvalue weighted by atomic mass is 9.63. The fraction of sp³-hybridized carbons (Fsp3) is 0.867. The van der Waals surface area contributed by atoms with Gasteiger partial charge < -0.3 is 20.5 Å². The highest BCUT2D eigenvalue weighted by atomic mass is 16.5. The van der Waals surface area contributed by atoms with Gasteiger partial charge in [-0.2, -0.15) is 0 Å². The maximum Gasteiger partial charge on any atom is 0.458 e. The van der Waals surface area contributed by atoms with Crippen LogP contribution in [0.5, 0.6) is 0 Å². The topological polar surface area (TPSA) is 110 Å². The minimum atomic E-state index is -1.05. The second kappa shape index (κ2) is 7.57. The summed E-state index contributed by atoms with van der Waals surface area (Å²) >= 11 is 0. The molecule has 2 rings (SSSR count). The summed E-state index contributed by atoms with van der Waals surface area (Å²) in [6.45, 7) is 0. The van der Waals surface area contributed by atoms with Crippen molar-refractivity contribution in [2.24, 2.45) is 5.73 Å². The van der Waals surface area contributed by atoms with E-state index in [4.69, 9.17) is 15.5 Å². The molecule has 0 aromatic rings. The summed E-state index contributed by atoms with van der Waals surface area (Å²) in [4.78, 5) is 22.9. The number of aliphatic carboxylic acids is 1. The molecule has 7 heteroatoms. The van der Waals surface area contributed by atoms with Crippen LogP contribution in [0.2, 0.25) is 5.82 Å². The number of carboxylic acid groups (broad SMARTS) is 1. The van der Waals surface area contributed by atoms with Gasteiger partial charge in [0, 0.05) is 24.2 Å². The summed E-state index contributed by atoms with van der Waals surface area (Å²) in [5.41, 5.74) is 5.92. The molecule has 1 aliphatic carbocycles. The normalized spacial score (nSPS) is 28.4. The summed E-state index contributed by atoms with van der Waals surface area (Å²) in [7, 11) is -1.05. The summed E-state index contributed by atoms with van der Waals surface area (Å²) in [5, 5.41) is 18.7. The van der Waals surface area contributed by atoms with Crippen LogP contribution in [0.25, 0.3) is 0 Å². The van der Waals surface area contributed by atoms with Crippen molar-refractivity contribution in [2.45, 2.75) is 81.7 Å². The van der Waals surface area contributed by atoms with Crippen LogP contribution in [0.4, 0.5) is 0 Å². The number of hydrogen-bond acceptors (Lipinski definition) is 5. The fourth-order valence-electron chi connectivity index (χ4n) is 3.66. The van der Waals surface area contributed by atoms with E-state index < -0.39 is 19.2 Å². The second-order valence-electron chi connectivity index (χ2n) is 6.93. The molecule has 4 N–H and O–H groups in total. The second-order valence-corrected chi connectivity index (χ2v) is 6.93. The van der Waals surface area contributed by atoms with Crippen molar-refractivity contribution < 1.29 is 24.4 Å². The molecule has 2 aliphatic rings. The van der Waals surface area contributed by atoms with Crippen molar-refractivity contribution in [3.05, 3.63) is 0 Å². The van der Waals surface area contributed by atoms with Gasteiger partial charge >= 0.3 is 13.1 Å². The molecule has 2 atom stereocenters. The Morgan fingerprint density at radius 3 is 2.45 bits per heavy atom. The average Bonchev–Trinajstić information content (AvgIpc) is 2.41. The van der Waals surface area contributed by atoms with Crippen molar-refractivity contribution >= 4 is 18.9 Å². The van der Waals surface area contributed by atoms with E-state index in [-0.39, 0.29) is 30.0 Å². The van der Waals surface area contributed by atoms with E-state index in [0.29, 0.717) is 19.3 Å². The summed E-state index contributed by atoms with van der Waals surface area (Å²) < 4.78 is 5.32. The van der Waals surface area contributed by atoms with E-state index >= 15 is 0 Å². The number of carbonyl (C=O) groups is 2. The van der Waals surface area contributed by atoms with Crippen molar-refractivity contribution in [3.8, 4) is 0 Å². The highest BCUT2D eigenvalue weighted by Gasteiger charge is 2.38. The van der Waals surface area contributed by atoms with E-state index in [1.54, 1.807) is 0 Å². The Bertz CT molecular complexity index is 411. The monoisotopic (exact) mass is 311 g/mol. The van der Waals surface area contributed by atoms with Crippen LogP contribution in [0.15, 0.2) is 0 Å². The summed E-state index contributed by atoms with van der Waals surface area (Å²) in [5.74, 6) is -1.10. The lowest BCUT2D eigenvalue weighted by Gasteiger charge is -2.34. The lowest BCUT2D eigenvalue weighted by molar-refractivity contribution is -0.139. The maximum absolute atomic E-state index is 12.2. The Labute approximate surface area is 131 Å². The van der Waals surface area contributed by atoms with Gasteiger partial charge in [-0.05, 0) is 25.7 Å². The first-order valence-electron chi connectivity index (χ1n) is 8.24. The summed E-state index contributed by atoms with van der Waals surface area (Å²) in [6.07, 6.45) is 6.37. The van der Waals surface area contributed by atoms with E-state index in [1.807, 2.05) is 0 Å². The van der Waals surface area contributed by atoms with Gasteiger partial charge in [0.2, 0.25) is 0 Å². The number of carboxylic acids is 1. The smallest absolute Gasteiger partial charge is 0.458 e. The van der Waals surface area contributed by atoms with Crippen molar-refractivity contribution in [3.63, 3.8) is 0 Å². The molecule has 1 saturated heterocycles. The van der Waals surface area contributed by atoms with Crippen molar-refractivity contribution in [2.75, 3.05) is 0 Å². The third-order valence-corrected chi connectivity index (χ3v) is 4.89. The van der Waals surface area contributed by atoms with E-state index in [2.05, 4.69) is 0 Å². The average molecular weight is 311 g/mol. The Balaban J connectivity index is 1.78. The number of Topliss-reactive ketones (excluding diaryl/α,β-unsaturated/α-hetero) is 1. The first kappa shape index (κ1) is 17.4. The number of nitrogens with two attached hydrogens (primary N) is 1. The molecule has 1 heterocycles. The largest absolute Gasteiger partial charge is 0.481 e. The number of rotatable bonds is 6. The maximum atomic E-state index is 12.2. The minimum Gasteiger partial charge on any atom is -0.481 e. The number of carbonyl (C=O) groups excluding carboxylic acids is 1. The van der Waals surface area contributed by atoms with Gasteiger partial charge in [0.25, 0.3) is 0 Å². The lowest BCUT2D eigenvalue weighted by Crippen LogP contribution is -2.44. The molecule has 0 amide bonds. The number of hydrogen-bond donors (Lipinski definition) is 3. The van der Waals surface area contributed by atoms with E-state index in [9.17, 15) is 14.6 Å². The predicted molar refractivity (Wildman–Crippen MR) is 82.3 cm³/mol. The molecule has 1 aliphatic heterocycles. The highest BCUT2D eigenvalue weighted by Crippen LogP contribution is 2.34. The quantitative estimate of drug-likeness (QED) is 0.641.